The van der Waals surface area contributed by atoms with Gasteiger partial charge in [0.2, 0.25) is 0 Å². The molecular weight excluding hydrogens is 476 g/mol. The fourth-order valence-corrected chi connectivity index (χ4v) is 4.17. The van der Waals surface area contributed by atoms with Gasteiger partial charge in [0.25, 0.3) is 11.5 Å². The molecule has 6 N–H and O–H groups in total. The number of aromatic amines is 1. The molecule has 5 rings (SSSR count). The van der Waals surface area contributed by atoms with E-state index in [4.69, 9.17) is 11.5 Å². The van der Waals surface area contributed by atoms with Gasteiger partial charge in [0.1, 0.15) is 0 Å². The Hall–Kier alpha value is -5.24. The van der Waals surface area contributed by atoms with Crippen molar-refractivity contribution in [1.29, 1.82) is 0 Å². The molecule has 1 amide bonds. The van der Waals surface area contributed by atoms with Crippen LogP contribution in [0.2, 0.25) is 0 Å². The van der Waals surface area contributed by atoms with E-state index in [1.165, 1.54) is 5.57 Å². The van der Waals surface area contributed by atoms with Crippen LogP contribution in [0, 0.1) is 0 Å². The predicted octanol–water partition coefficient (Wildman–Crippen LogP) is 3.80. The van der Waals surface area contributed by atoms with Gasteiger partial charge in [0, 0.05) is 29.2 Å². The lowest BCUT2D eigenvalue weighted by atomic mass is 10.0. The van der Waals surface area contributed by atoms with E-state index in [0.717, 1.165) is 18.4 Å². The van der Waals surface area contributed by atoms with Crippen molar-refractivity contribution in [2.45, 2.75) is 12.8 Å². The Morgan fingerprint density at radius 1 is 0.974 bits per heavy atom. The highest BCUT2D eigenvalue weighted by Gasteiger charge is 2.14. The molecule has 4 aromatic rings. The quantitative estimate of drug-likeness (QED) is 0.316. The van der Waals surface area contributed by atoms with E-state index in [1.807, 2.05) is 54.8 Å². The van der Waals surface area contributed by atoms with Gasteiger partial charge in [-0.2, -0.15) is 0 Å². The Balaban J connectivity index is 1.36. The van der Waals surface area contributed by atoms with E-state index < -0.39 is 5.56 Å². The molecule has 0 unspecified atom stereocenters. The summed E-state index contributed by atoms with van der Waals surface area (Å²) < 4.78 is 0. The van der Waals surface area contributed by atoms with Crippen LogP contribution < -0.4 is 22.3 Å². The fourth-order valence-electron chi connectivity index (χ4n) is 4.17. The van der Waals surface area contributed by atoms with Gasteiger partial charge in [-0.1, -0.05) is 48.1 Å². The Morgan fingerprint density at radius 3 is 2.66 bits per heavy atom. The van der Waals surface area contributed by atoms with Crippen LogP contribution in [0.5, 0.6) is 0 Å². The number of nitrogens with zero attached hydrogens (tertiary/aromatic N) is 2. The lowest BCUT2D eigenvalue weighted by molar-refractivity contribution is 0.0967. The summed E-state index contributed by atoms with van der Waals surface area (Å²) in [7, 11) is 0. The van der Waals surface area contributed by atoms with Crippen LogP contribution in [0.4, 0.5) is 0 Å². The van der Waals surface area contributed by atoms with Gasteiger partial charge in [-0.15, -0.1) is 0 Å². The first-order valence-electron chi connectivity index (χ1n) is 12.1. The normalized spacial score (nSPS) is 13.8. The standard InChI is InChI=1S/C30H26N6O2/c31-26(27(32)28-30(38)36-25-12-2-1-11-24(25)35-28)21-8-4-9-22(17-21)29(37)34-23-10-3-6-19(13-14-23)16-20-7-5-15-33-18-20/h1-5,7-15,17-18H,6,16,31-32H2,(H,34,37)(H,36,38)/b27-26+. The van der Waals surface area contributed by atoms with Gasteiger partial charge in [-0.05, 0) is 60.9 Å². The van der Waals surface area contributed by atoms with Crippen molar-refractivity contribution in [2.24, 2.45) is 11.5 Å². The molecule has 0 atom stereocenters. The van der Waals surface area contributed by atoms with E-state index in [1.54, 1.807) is 42.6 Å². The third-order valence-corrected chi connectivity index (χ3v) is 6.17. The average Bonchev–Trinajstić information content (AvgIpc) is 3.17. The third kappa shape index (κ3) is 5.44. The second-order valence-corrected chi connectivity index (χ2v) is 8.89. The van der Waals surface area contributed by atoms with Crippen LogP contribution in [-0.4, -0.2) is 20.9 Å². The Bertz CT molecular complexity index is 1700. The van der Waals surface area contributed by atoms with Crippen molar-refractivity contribution in [3.8, 4) is 0 Å². The molecule has 0 fully saturated rings. The van der Waals surface area contributed by atoms with Crippen LogP contribution in [0.3, 0.4) is 0 Å². The van der Waals surface area contributed by atoms with Crippen molar-refractivity contribution in [2.75, 3.05) is 0 Å². The van der Waals surface area contributed by atoms with Gasteiger partial charge in [-0.3, -0.25) is 14.6 Å². The minimum Gasteiger partial charge on any atom is -0.397 e. The number of fused-ring (bicyclic) bond motifs is 1. The Kier molecular flexibility index (Phi) is 6.95. The van der Waals surface area contributed by atoms with Gasteiger partial charge in [-0.25, -0.2) is 4.98 Å². The largest absolute Gasteiger partial charge is 0.397 e. The molecule has 2 heterocycles. The summed E-state index contributed by atoms with van der Waals surface area (Å²) >= 11 is 0. The molecule has 0 spiro atoms. The van der Waals surface area contributed by atoms with Gasteiger partial charge in [0.05, 0.1) is 22.4 Å². The number of carbonyl (C=O) groups excluding carboxylic acids is 1. The van der Waals surface area contributed by atoms with E-state index >= 15 is 0 Å². The van der Waals surface area contributed by atoms with E-state index in [2.05, 4.69) is 20.3 Å². The summed E-state index contributed by atoms with van der Waals surface area (Å²) in [5.74, 6) is -0.292. The number of aromatic nitrogens is 3. The number of amides is 1. The van der Waals surface area contributed by atoms with Crippen LogP contribution >= 0.6 is 0 Å². The fraction of sp³-hybridized carbons (Fsp3) is 0.0667. The maximum Gasteiger partial charge on any atom is 0.276 e. The summed E-state index contributed by atoms with van der Waals surface area (Å²) in [5.41, 5.74) is 17.5. The molecule has 2 aromatic carbocycles. The lowest BCUT2D eigenvalue weighted by Crippen LogP contribution is -2.22. The number of nitrogens with one attached hydrogen (secondary N) is 2. The number of carbonyl (C=O) groups is 1. The molecule has 1 aliphatic carbocycles. The highest BCUT2D eigenvalue weighted by atomic mass is 16.1. The molecule has 188 valence electrons. The molecule has 0 saturated heterocycles. The molecule has 8 nitrogen and oxygen atoms in total. The van der Waals surface area contributed by atoms with Crippen molar-refractivity contribution >= 4 is 28.3 Å². The maximum atomic E-state index is 13.0. The first kappa shape index (κ1) is 24.5. The third-order valence-electron chi connectivity index (χ3n) is 6.17. The summed E-state index contributed by atoms with van der Waals surface area (Å²) in [6, 6.07) is 17.9. The first-order valence-corrected chi connectivity index (χ1v) is 12.1. The Labute approximate surface area is 219 Å². The molecule has 2 aromatic heterocycles. The van der Waals surface area contributed by atoms with Gasteiger partial charge in [0.15, 0.2) is 5.69 Å². The molecule has 0 radical (unpaired) electrons. The number of nitrogens with two attached hydrogens (primary N) is 2. The van der Waals surface area contributed by atoms with Crippen molar-refractivity contribution in [3.05, 3.63) is 141 Å². The monoisotopic (exact) mass is 502 g/mol. The van der Waals surface area contributed by atoms with Crippen LogP contribution in [0.25, 0.3) is 22.4 Å². The van der Waals surface area contributed by atoms with Crippen molar-refractivity contribution < 1.29 is 4.79 Å². The number of H-pyrrole nitrogens is 1. The number of allylic oxidation sites excluding steroid dienone is 5. The second-order valence-electron chi connectivity index (χ2n) is 8.89. The van der Waals surface area contributed by atoms with Crippen molar-refractivity contribution in [3.63, 3.8) is 0 Å². The predicted molar refractivity (Wildman–Crippen MR) is 149 cm³/mol. The number of pyridine rings is 1. The first-order chi connectivity index (χ1) is 18.5. The van der Waals surface area contributed by atoms with Crippen molar-refractivity contribution in [1.82, 2.24) is 20.3 Å². The van der Waals surface area contributed by atoms with E-state index in [0.29, 0.717) is 27.9 Å². The molecule has 38 heavy (non-hydrogen) atoms. The molecular formula is C30H26N6O2. The highest BCUT2D eigenvalue weighted by molar-refractivity contribution is 5.97. The average molecular weight is 503 g/mol. The van der Waals surface area contributed by atoms with Crippen LogP contribution in [0.1, 0.15) is 33.6 Å². The van der Waals surface area contributed by atoms with Gasteiger partial charge < -0.3 is 21.8 Å². The minimum atomic E-state index is -0.443. The summed E-state index contributed by atoms with van der Waals surface area (Å²) in [6.07, 6.45) is 13.0. The topological polar surface area (TPSA) is 140 Å². The van der Waals surface area contributed by atoms with E-state index in [-0.39, 0.29) is 23.0 Å². The second kappa shape index (κ2) is 10.8. The molecule has 0 aliphatic heterocycles. The highest BCUT2D eigenvalue weighted by Crippen LogP contribution is 2.19. The SMILES string of the molecule is N/C(=C(/N)c1nc2ccccc2[nH]c1=O)c1cccc(C(=O)NC2=CC=C(Cc3cccnc3)CC=C2)c1. The zero-order chi connectivity index (χ0) is 26.5. The number of para-hydroxylation sites is 2. The van der Waals surface area contributed by atoms with Crippen LogP contribution in [-0.2, 0) is 6.42 Å². The zero-order valence-electron chi connectivity index (χ0n) is 20.5. The van der Waals surface area contributed by atoms with Crippen LogP contribution in [0.15, 0.2) is 113 Å². The van der Waals surface area contributed by atoms with E-state index in [9.17, 15) is 9.59 Å². The van der Waals surface area contributed by atoms with Gasteiger partial charge >= 0.3 is 0 Å². The number of benzene rings is 2. The lowest BCUT2D eigenvalue weighted by Gasteiger charge is -2.10. The number of hydrogen-bond acceptors (Lipinski definition) is 6. The summed E-state index contributed by atoms with van der Waals surface area (Å²) in [4.78, 5) is 37.0. The molecule has 0 bridgehead atoms. The molecule has 0 saturated carbocycles. The molecule has 1 aliphatic rings. The Morgan fingerprint density at radius 2 is 1.82 bits per heavy atom. The molecule has 8 heteroatoms. The number of rotatable bonds is 6. The summed E-state index contributed by atoms with van der Waals surface area (Å²) in [5, 5.41) is 2.94. The zero-order valence-corrected chi connectivity index (χ0v) is 20.5. The smallest absolute Gasteiger partial charge is 0.276 e. The minimum absolute atomic E-state index is 0.0266. The maximum absolute atomic E-state index is 13.0. The number of hydrogen-bond donors (Lipinski definition) is 4. The summed E-state index contributed by atoms with van der Waals surface area (Å²) in [6.45, 7) is 0.